The van der Waals surface area contributed by atoms with Crippen LogP contribution in [0.2, 0.25) is 0 Å². The maximum Gasteiger partial charge on any atom is 0.326 e. The van der Waals surface area contributed by atoms with Gasteiger partial charge in [0.25, 0.3) is 0 Å². The Balaban J connectivity index is 1.94. The summed E-state index contributed by atoms with van der Waals surface area (Å²) in [6.45, 7) is 3.89. The van der Waals surface area contributed by atoms with Gasteiger partial charge in [0, 0.05) is 0 Å². The van der Waals surface area contributed by atoms with Gasteiger partial charge in [0.2, 0.25) is 5.91 Å². The van der Waals surface area contributed by atoms with Gasteiger partial charge in [-0.15, -0.1) is 0 Å². The maximum absolute atomic E-state index is 12.9. The second kappa shape index (κ2) is 6.48. The molecular formula is C20H21NO3. The molecule has 0 unspecified atom stereocenters. The first kappa shape index (κ1) is 16.2. The van der Waals surface area contributed by atoms with Gasteiger partial charge >= 0.3 is 5.97 Å². The first-order valence-electron chi connectivity index (χ1n) is 8.20. The largest absolute Gasteiger partial charge is 0.480 e. The van der Waals surface area contributed by atoms with Gasteiger partial charge < -0.3 is 10.4 Å². The van der Waals surface area contributed by atoms with E-state index in [0.29, 0.717) is 6.42 Å². The van der Waals surface area contributed by atoms with Gasteiger partial charge in [-0.3, -0.25) is 4.79 Å². The highest BCUT2D eigenvalue weighted by molar-refractivity contribution is 5.97. The molecule has 0 aliphatic heterocycles. The number of amides is 1. The Labute approximate surface area is 141 Å². The van der Waals surface area contributed by atoms with E-state index in [1.807, 2.05) is 62.4 Å². The molecule has 0 heterocycles. The summed E-state index contributed by atoms with van der Waals surface area (Å²) in [6.07, 6.45) is 0.414. The van der Waals surface area contributed by atoms with Crippen molar-refractivity contribution in [2.45, 2.75) is 32.2 Å². The van der Waals surface area contributed by atoms with Gasteiger partial charge in [-0.05, 0) is 34.6 Å². The zero-order valence-corrected chi connectivity index (χ0v) is 13.8. The molecule has 4 nitrogen and oxygen atoms in total. The predicted octanol–water partition coefficient (Wildman–Crippen LogP) is 3.41. The van der Waals surface area contributed by atoms with E-state index in [0.717, 1.165) is 22.3 Å². The molecular weight excluding hydrogens is 302 g/mol. The molecule has 2 aromatic carbocycles. The molecule has 2 aromatic rings. The normalized spacial score (nSPS) is 14.1. The lowest BCUT2D eigenvalue weighted by atomic mass is 9.95. The third-order valence-corrected chi connectivity index (χ3v) is 4.42. The molecule has 0 fully saturated rings. The van der Waals surface area contributed by atoms with Crippen LogP contribution in [0.5, 0.6) is 0 Å². The van der Waals surface area contributed by atoms with Crippen molar-refractivity contribution in [1.82, 2.24) is 5.32 Å². The fourth-order valence-electron chi connectivity index (χ4n) is 3.39. The third kappa shape index (κ3) is 2.92. The Kier molecular flexibility index (Phi) is 4.38. The maximum atomic E-state index is 12.9. The van der Waals surface area contributed by atoms with Crippen LogP contribution in [0.4, 0.5) is 0 Å². The van der Waals surface area contributed by atoms with Gasteiger partial charge in [-0.2, -0.15) is 0 Å². The quantitative estimate of drug-likeness (QED) is 0.886. The van der Waals surface area contributed by atoms with Crippen molar-refractivity contribution in [2.24, 2.45) is 5.92 Å². The topological polar surface area (TPSA) is 66.4 Å². The van der Waals surface area contributed by atoms with Crippen LogP contribution in [-0.2, 0) is 9.59 Å². The van der Waals surface area contributed by atoms with Crippen molar-refractivity contribution in [3.8, 4) is 11.1 Å². The molecule has 0 saturated heterocycles. The van der Waals surface area contributed by atoms with E-state index >= 15 is 0 Å². The molecule has 0 bridgehead atoms. The smallest absolute Gasteiger partial charge is 0.326 e. The zero-order valence-electron chi connectivity index (χ0n) is 13.8. The summed E-state index contributed by atoms with van der Waals surface area (Å²) in [4.78, 5) is 24.4. The summed E-state index contributed by atoms with van der Waals surface area (Å²) < 4.78 is 0. The molecule has 0 saturated carbocycles. The van der Waals surface area contributed by atoms with Gasteiger partial charge in [-0.1, -0.05) is 62.4 Å². The lowest BCUT2D eigenvalue weighted by molar-refractivity contribution is -0.142. The average molecular weight is 323 g/mol. The van der Waals surface area contributed by atoms with E-state index in [4.69, 9.17) is 0 Å². The summed E-state index contributed by atoms with van der Waals surface area (Å²) in [5, 5.41) is 12.1. The van der Waals surface area contributed by atoms with Gasteiger partial charge in [-0.25, -0.2) is 4.79 Å². The number of benzene rings is 2. The number of carboxylic acids is 1. The van der Waals surface area contributed by atoms with Gasteiger partial charge in [0.05, 0.1) is 5.92 Å². The predicted molar refractivity (Wildman–Crippen MR) is 92.7 cm³/mol. The van der Waals surface area contributed by atoms with Crippen LogP contribution in [0.1, 0.15) is 37.3 Å². The first-order chi connectivity index (χ1) is 11.5. The van der Waals surface area contributed by atoms with Crippen LogP contribution >= 0.6 is 0 Å². The standard InChI is InChI=1S/C20H21NO3/c1-12(2)11-17(20(23)24)21-19(22)18-15-9-5-3-7-13(15)14-8-4-6-10-16(14)18/h3-10,12,17-18H,11H2,1-2H3,(H,21,22)(H,23,24)/t17-/m1/s1. The van der Waals surface area contributed by atoms with Crippen LogP contribution in [0.25, 0.3) is 11.1 Å². The molecule has 1 atom stereocenters. The molecule has 4 heteroatoms. The lowest BCUT2D eigenvalue weighted by Crippen LogP contribution is -2.43. The van der Waals surface area contributed by atoms with Crippen LogP contribution in [0.3, 0.4) is 0 Å². The third-order valence-electron chi connectivity index (χ3n) is 4.42. The molecule has 24 heavy (non-hydrogen) atoms. The Bertz CT molecular complexity index is 736. The fourth-order valence-corrected chi connectivity index (χ4v) is 3.39. The first-order valence-corrected chi connectivity index (χ1v) is 8.20. The summed E-state index contributed by atoms with van der Waals surface area (Å²) in [5.41, 5.74) is 3.96. The van der Waals surface area contributed by atoms with Crippen molar-refractivity contribution in [3.05, 3.63) is 59.7 Å². The van der Waals surface area contributed by atoms with Crippen molar-refractivity contribution >= 4 is 11.9 Å². The Morgan fingerprint density at radius 2 is 1.50 bits per heavy atom. The highest BCUT2D eigenvalue weighted by atomic mass is 16.4. The van der Waals surface area contributed by atoms with Crippen LogP contribution in [0.15, 0.2) is 48.5 Å². The van der Waals surface area contributed by atoms with Gasteiger partial charge in [0.1, 0.15) is 6.04 Å². The number of carbonyl (C=O) groups is 2. The van der Waals surface area contributed by atoms with Crippen LogP contribution in [-0.4, -0.2) is 23.0 Å². The number of aliphatic carboxylic acids is 1. The fraction of sp³-hybridized carbons (Fsp3) is 0.300. The van der Waals surface area contributed by atoms with Crippen molar-refractivity contribution in [3.63, 3.8) is 0 Å². The molecule has 2 N–H and O–H groups in total. The minimum Gasteiger partial charge on any atom is -0.480 e. The van der Waals surface area contributed by atoms with E-state index in [2.05, 4.69) is 5.32 Å². The summed E-state index contributed by atoms with van der Waals surface area (Å²) in [6, 6.07) is 14.8. The summed E-state index contributed by atoms with van der Waals surface area (Å²) in [7, 11) is 0. The number of nitrogens with one attached hydrogen (secondary N) is 1. The minimum absolute atomic E-state index is 0.189. The van der Waals surface area contributed by atoms with Crippen molar-refractivity contribution in [1.29, 1.82) is 0 Å². The highest BCUT2D eigenvalue weighted by Gasteiger charge is 2.35. The Morgan fingerprint density at radius 1 is 1.00 bits per heavy atom. The zero-order chi connectivity index (χ0) is 17.3. The number of rotatable bonds is 5. The summed E-state index contributed by atoms with van der Waals surface area (Å²) >= 11 is 0. The molecule has 1 aliphatic rings. The summed E-state index contributed by atoms with van der Waals surface area (Å²) in [5.74, 6) is -1.50. The number of hydrogen-bond acceptors (Lipinski definition) is 2. The number of carboxylic acid groups (broad SMARTS) is 1. The van der Waals surface area contributed by atoms with E-state index < -0.39 is 17.9 Å². The lowest BCUT2D eigenvalue weighted by Gasteiger charge is -2.20. The van der Waals surface area contributed by atoms with E-state index in [9.17, 15) is 14.7 Å². The SMILES string of the molecule is CC(C)C[C@@H](NC(=O)C1c2ccccc2-c2ccccc21)C(=O)O. The molecule has 3 rings (SSSR count). The minimum atomic E-state index is -0.989. The Hall–Kier alpha value is -2.62. The van der Waals surface area contributed by atoms with Crippen molar-refractivity contribution < 1.29 is 14.7 Å². The van der Waals surface area contributed by atoms with E-state index in [-0.39, 0.29) is 11.8 Å². The second-order valence-corrected chi connectivity index (χ2v) is 6.64. The van der Waals surface area contributed by atoms with Crippen molar-refractivity contribution in [2.75, 3.05) is 0 Å². The molecule has 1 aliphatic carbocycles. The van der Waals surface area contributed by atoms with Gasteiger partial charge in [0.15, 0.2) is 0 Å². The second-order valence-electron chi connectivity index (χ2n) is 6.64. The van der Waals surface area contributed by atoms with E-state index in [1.54, 1.807) is 0 Å². The highest BCUT2D eigenvalue weighted by Crippen LogP contribution is 2.44. The van der Waals surface area contributed by atoms with Crippen LogP contribution in [0, 0.1) is 5.92 Å². The molecule has 0 spiro atoms. The van der Waals surface area contributed by atoms with E-state index in [1.165, 1.54) is 0 Å². The average Bonchev–Trinajstić information content (AvgIpc) is 2.88. The molecule has 0 aromatic heterocycles. The number of fused-ring (bicyclic) bond motifs is 3. The molecule has 124 valence electrons. The number of hydrogen-bond donors (Lipinski definition) is 2. The molecule has 1 amide bonds. The Morgan fingerprint density at radius 3 is 1.96 bits per heavy atom. The molecule has 0 radical (unpaired) electrons. The monoisotopic (exact) mass is 323 g/mol. The van der Waals surface area contributed by atoms with Crippen LogP contribution < -0.4 is 5.32 Å². The number of carbonyl (C=O) groups excluding carboxylic acids is 1.